The third-order valence-corrected chi connectivity index (χ3v) is 5.64. The molecule has 0 aliphatic carbocycles. The summed E-state index contributed by atoms with van der Waals surface area (Å²) in [5, 5.41) is 10.1. The second kappa shape index (κ2) is 12.1. The van der Waals surface area contributed by atoms with E-state index in [2.05, 4.69) is 32.9 Å². The molecule has 0 radical (unpaired) electrons. The molecule has 0 unspecified atom stereocenters. The number of fused-ring (bicyclic) bond motifs is 1. The number of ether oxygens (including phenoxy) is 2. The van der Waals surface area contributed by atoms with Crippen LogP contribution in [0.5, 0.6) is 5.88 Å². The molecule has 3 aromatic rings. The van der Waals surface area contributed by atoms with Gasteiger partial charge in [-0.05, 0) is 34.5 Å². The Kier molecular flexibility index (Phi) is 8.93. The number of anilines is 1. The Hall–Kier alpha value is -3.52. The van der Waals surface area contributed by atoms with E-state index in [1.807, 2.05) is 49.1 Å². The summed E-state index contributed by atoms with van der Waals surface area (Å²) < 4.78 is 24.1. The van der Waals surface area contributed by atoms with Crippen molar-refractivity contribution < 1.29 is 13.9 Å². The highest BCUT2D eigenvalue weighted by Gasteiger charge is 2.34. The second-order valence-corrected chi connectivity index (χ2v) is 7.56. The van der Waals surface area contributed by atoms with E-state index in [0.29, 0.717) is 30.9 Å². The van der Waals surface area contributed by atoms with Crippen LogP contribution in [0.2, 0.25) is 0 Å². The lowest BCUT2D eigenvalue weighted by Gasteiger charge is -2.44. The molecule has 0 bridgehead atoms. The third-order valence-electron chi connectivity index (χ3n) is 5.64. The molecule has 0 amide bonds. The molecule has 0 spiro atoms. The zero-order valence-electron chi connectivity index (χ0n) is 20.2. The molecule has 0 atom stereocenters. The van der Waals surface area contributed by atoms with Crippen molar-refractivity contribution in [2.24, 2.45) is 10.2 Å². The molecule has 1 aliphatic rings. The third kappa shape index (κ3) is 5.51. The highest BCUT2D eigenvalue weighted by molar-refractivity contribution is 5.97. The van der Waals surface area contributed by atoms with Gasteiger partial charge in [-0.25, -0.2) is 9.37 Å². The number of guanidine groups is 1. The van der Waals surface area contributed by atoms with Gasteiger partial charge >= 0.3 is 0 Å². The summed E-state index contributed by atoms with van der Waals surface area (Å²) >= 11 is 0. The van der Waals surface area contributed by atoms with Gasteiger partial charge in [0, 0.05) is 45.4 Å². The lowest BCUT2D eigenvalue weighted by atomic mass is 9.88. The largest absolute Gasteiger partial charge is 0.481 e. The highest BCUT2D eigenvalue weighted by atomic mass is 19.1. The van der Waals surface area contributed by atoms with E-state index in [-0.39, 0.29) is 5.82 Å². The van der Waals surface area contributed by atoms with Crippen LogP contribution in [0.3, 0.4) is 0 Å². The Balaban J connectivity index is 0.00000158. The predicted molar refractivity (Wildman–Crippen MR) is 137 cm³/mol. The summed E-state index contributed by atoms with van der Waals surface area (Å²) in [4.78, 5) is 8.49. The minimum atomic E-state index is -0.224. The number of hydrogen-bond acceptors (Lipinski definition) is 5. The Morgan fingerprint density at radius 2 is 1.97 bits per heavy atom. The van der Waals surface area contributed by atoms with Crippen molar-refractivity contribution >= 4 is 29.1 Å². The van der Waals surface area contributed by atoms with Gasteiger partial charge in [-0.3, -0.25) is 0 Å². The molecule has 1 fully saturated rings. The number of aromatic nitrogens is 1. The number of rotatable bonds is 7. The maximum absolute atomic E-state index is 13.6. The molecule has 2 heterocycles. The summed E-state index contributed by atoms with van der Waals surface area (Å²) in [5.74, 6) is 1.31. The summed E-state index contributed by atoms with van der Waals surface area (Å²) in [5.41, 5.74) is 2.06. The van der Waals surface area contributed by atoms with Crippen LogP contribution in [0.25, 0.3) is 10.8 Å². The standard InChI is InChI=1S/C24H26FN5O2.C2H6/c1-26-28-24(30(11-12-31-2)20-8-10-23(32-3)27-14-20)29-15-18(16-29)21-6-4-5-17-13-19(25)7-9-22(17)21;1-2/h4-10,13-14,18H,1,11-12,15-16H2,2-3H3;1-2H3/b28-24-;. The molecule has 7 nitrogen and oxygen atoms in total. The van der Waals surface area contributed by atoms with Gasteiger partial charge in [0.2, 0.25) is 11.8 Å². The van der Waals surface area contributed by atoms with Crippen molar-refractivity contribution in [3.63, 3.8) is 0 Å². The first kappa shape index (κ1) is 25.1. The van der Waals surface area contributed by atoms with Crippen molar-refractivity contribution in [1.29, 1.82) is 0 Å². The van der Waals surface area contributed by atoms with Gasteiger partial charge in [-0.15, -0.1) is 5.10 Å². The minimum Gasteiger partial charge on any atom is -0.481 e. The number of methoxy groups -OCH3 is 2. The molecule has 0 saturated carbocycles. The number of likely N-dealkylation sites (tertiary alicyclic amines) is 1. The molecule has 180 valence electrons. The molecule has 4 rings (SSSR count). The zero-order chi connectivity index (χ0) is 24.5. The monoisotopic (exact) mass is 465 g/mol. The maximum Gasteiger partial charge on any atom is 0.226 e. The first-order valence-electron chi connectivity index (χ1n) is 11.4. The molecule has 1 saturated heterocycles. The predicted octanol–water partition coefficient (Wildman–Crippen LogP) is 4.93. The van der Waals surface area contributed by atoms with E-state index in [4.69, 9.17) is 9.47 Å². The Labute approximate surface area is 200 Å². The maximum atomic E-state index is 13.6. The molecular formula is C26H32FN5O2. The first-order chi connectivity index (χ1) is 16.6. The summed E-state index contributed by atoms with van der Waals surface area (Å²) in [6.45, 7) is 10.2. The van der Waals surface area contributed by atoms with Gasteiger partial charge in [0.05, 0.1) is 25.6 Å². The molecule has 0 N–H and O–H groups in total. The van der Waals surface area contributed by atoms with E-state index < -0.39 is 0 Å². The Morgan fingerprint density at radius 1 is 1.18 bits per heavy atom. The topological polar surface area (TPSA) is 62.6 Å². The van der Waals surface area contributed by atoms with Crippen molar-refractivity contribution in [3.8, 4) is 5.88 Å². The summed E-state index contributed by atoms with van der Waals surface area (Å²) in [6.07, 6.45) is 1.74. The van der Waals surface area contributed by atoms with Gasteiger partial charge in [-0.2, -0.15) is 5.10 Å². The molecule has 8 heteroatoms. The lowest BCUT2D eigenvalue weighted by molar-refractivity contribution is 0.204. The van der Waals surface area contributed by atoms with E-state index >= 15 is 0 Å². The summed E-state index contributed by atoms with van der Waals surface area (Å²) in [7, 11) is 3.25. The quantitative estimate of drug-likeness (QED) is 0.281. The van der Waals surface area contributed by atoms with Gasteiger partial charge in [0.25, 0.3) is 0 Å². The van der Waals surface area contributed by atoms with Crippen molar-refractivity contribution in [1.82, 2.24) is 9.88 Å². The van der Waals surface area contributed by atoms with E-state index in [9.17, 15) is 4.39 Å². The van der Waals surface area contributed by atoms with Crippen LogP contribution in [0.15, 0.2) is 64.9 Å². The van der Waals surface area contributed by atoms with Crippen LogP contribution in [0.4, 0.5) is 10.1 Å². The van der Waals surface area contributed by atoms with Crippen LogP contribution >= 0.6 is 0 Å². The van der Waals surface area contributed by atoms with Gasteiger partial charge in [0.1, 0.15) is 5.82 Å². The smallest absolute Gasteiger partial charge is 0.226 e. The molecule has 34 heavy (non-hydrogen) atoms. The Bertz CT molecular complexity index is 1110. The minimum absolute atomic E-state index is 0.224. The fourth-order valence-corrected chi connectivity index (χ4v) is 4.01. The molecule has 1 aliphatic heterocycles. The molecule has 2 aromatic carbocycles. The van der Waals surface area contributed by atoms with Gasteiger partial charge in [-0.1, -0.05) is 38.1 Å². The van der Waals surface area contributed by atoms with Crippen LogP contribution in [-0.2, 0) is 4.74 Å². The van der Waals surface area contributed by atoms with E-state index in [1.165, 1.54) is 11.6 Å². The number of nitrogens with zero attached hydrogens (tertiary/aromatic N) is 5. The van der Waals surface area contributed by atoms with Crippen LogP contribution in [-0.4, -0.2) is 63.0 Å². The fraction of sp³-hybridized carbons (Fsp3) is 0.346. The van der Waals surface area contributed by atoms with Crippen molar-refractivity contribution in [2.45, 2.75) is 19.8 Å². The molecule has 1 aromatic heterocycles. The van der Waals surface area contributed by atoms with Crippen LogP contribution in [0, 0.1) is 5.82 Å². The van der Waals surface area contributed by atoms with E-state index in [0.717, 1.165) is 29.5 Å². The van der Waals surface area contributed by atoms with Gasteiger partial charge < -0.3 is 19.3 Å². The fourth-order valence-electron chi connectivity index (χ4n) is 4.01. The number of pyridine rings is 1. The highest BCUT2D eigenvalue weighted by Crippen LogP contribution is 2.34. The average molecular weight is 466 g/mol. The van der Waals surface area contributed by atoms with Crippen LogP contribution in [0.1, 0.15) is 25.3 Å². The van der Waals surface area contributed by atoms with Crippen molar-refractivity contribution in [2.75, 3.05) is 45.4 Å². The lowest BCUT2D eigenvalue weighted by Crippen LogP contribution is -2.55. The van der Waals surface area contributed by atoms with Crippen molar-refractivity contribution in [3.05, 3.63) is 66.1 Å². The molecular weight excluding hydrogens is 433 g/mol. The number of halogens is 1. The van der Waals surface area contributed by atoms with Gasteiger partial charge in [0.15, 0.2) is 0 Å². The van der Waals surface area contributed by atoms with E-state index in [1.54, 1.807) is 26.5 Å². The first-order valence-corrected chi connectivity index (χ1v) is 11.4. The normalized spacial score (nSPS) is 13.7. The Morgan fingerprint density at radius 3 is 2.62 bits per heavy atom. The van der Waals surface area contributed by atoms with Crippen LogP contribution < -0.4 is 9.64 Å². The summed E-state index contributed by atoms with van der Waals surface area (Å²) in [6, 6.07) is 14.7. The second-order valence-electron chi connectivity index (χ2n) is 7.56. The average Bonchev–Trinajstić information content (AvgIpc) is 2.84. The number of benzene rings is 2. The number of hydrogen-bond donors (Lipinski definition) is 0. The zero-order valence-corrected chi connectivity index (χ0v) is 20.2. The SMILES string of the molecule is C=N/N=C(/N1CC(c2cccc3cc(F)ccc23)C1)N(CCOC)c1ccc(OC)nc1.CC.